The quantitative estimate of drug-likeness (QED) is 0.700. The fourth-order valence-corrected chi connectivity index (χ4v) is 1.05. The molecule has 11 heavy (non-hydrogen) atoms. The lowest BCUT2D eigenvalue weighted by molar-refractivity contribution is 0.0999. The van der Waals surface area contributed by atoms with Crippen molar-refractivity contribution in [2.75, 3.05) is 0 Å². The predicted octanol–water partition coefficient (Wildman–Crippen LogP) is 0.646. The van der Waals surface area contributed by atoms with E-state index in [0.29, 0.717) is 16.0 Å². The van der Waals surface area contributed by atoms with Crippen LogP contribution in [-0.2, 0) is 0 Å². The van der Waals surface area contributed by atoms with Crippen molar-refractivity contribution in [3.8, 4) is 0 Å². The van der Waals surface area contributed by atoms with E-state index in [4.69, 9.17) is 5.73 Å². The summed E-state index contributed by atoms with van der Waals surface area (Å²) in [5.41, 5.74) is 5.97. The smallest absolute Gasteiger partial charge is 0.252 e. The molecule has 0 bridgehead atoms. The van der Waals surface area contributed by atoms with Crippen molar-refractivity contribution in [1.82, 2.24) is 9.97 Å². The number of amides is 1. The van der Waals surface area contributed by atoms with Gasteiger partial charge in [-0.1, -0.05) is 0 Å². The molecule has 0 aliphatic rings. The van der Waals surface area contributed by atoms with Crippen LogP contribution >= 0.6 is 15.9 Å². The van der Waals surface area contributed by atoms with Crippen molar-refractivity contribution in [2.24, 2.45) is 5.73 Å². The van der Waals surface area contributed by atoms with E-state index in [9.17, 15) is 4.79 Å². The molecule has 1 aromatic rings. The molecule has 1 amide bonds. The van der Waals surface area contributed by atoms with Gasteiger partial charge in [0.1, 0.15) is 0 Å². The normalized spacial score (nSPS) is 9.64. The number of rotatable bonds is 1. The summed E-state index contributed by atoms with van der Waals surface area (Å²) in [5.74, 6) is -0.505. The molecule has 0 aromatic carbocycles. The Bertz CT molecular complexity index is 300. The number of hydrogen-bond donors (Lipinski definition) is 1. The summed E-state index contributed by atoms with van der Waals surface area (Å²) in [5, 5.41) is 0. The van der Waals surface area contributed by atoms with Gasteiger partial charge in [0, 0.05) is 6.20 Å². The number of halogens is 1. The molecule has 0 radical (unpaired) electrons. The molecular formula is C6H6BrN3O. The second-order valence-corrected chi connectivity index (χ2v) is 2.71. The van der Waals surface area contributed by atoms with Crippen LogP contribution in [0.1, 0.15) is 16.1 Å². The fourth-order valence-electron chi connectivity index (χ4n) is 0.681. The van der Waals surface area contributed by atoms with Crippen LogP contribution in [0, 0.1) is 6.92 Å². The monoisotopic (exact) mass is 215 g/mol. The summed E-state index contributed by atoms with van der Waals surface area (Å²) in [6.45, 7) is 1.70. The molecule has 0 saturated carbocycles. The highest BCUT2D eigenvalue weighted by molar-refractivity contribution is 9.10. The number of aryl methyl sites for hydroxylation is 1. The van der Waals surface area contributed by atoms with Gasteiger partial charge in [0.25, 0.3) is 5.91 Å². The maximum absolute atomic E-state index is 10.7. The molecule has 2 N–H and O–H groups in total. The molecule has 0 unspecified atom stereocenters. The first-order valence-electron chi connectivity index (χ1n) is 2.90. The van der Waals surface area contributed by atoms with Crippen molar-refractivity contribution >= 4 is 21.8 Å². The van der Waals surface area contributed by atoms with Crippen LogP contribution in [0.3, 0.4) is 0 Å². The minimum atomic E-state index is -0.505. The second-order valence-electron chi connectivity index (χ2n) is 2.00. The Kier molecular flexibility index (Phi) is 2.19. The molecule has 58 valence electrons. The number of primary amides is 1. The molecule has 0 aliphatic heterocycles. The Morgan fingerprint density at radius 1 is 1.73 bits per heavy atom. The minimum absolute atomic E-state index is 0.355. The van der Waals surface area contributed by atoms with Gasteiger partial charge in [-0.2, -0.15) is 0 Å². The molecule has 0 atom stereocenters. The molecule has 5 heteroatoms. The summed E-state index contributed by atoms with van der Waals surface area (Å²) >= 11 is 3.07. The third-order valence-corrected chi connectivity index (χ3v) is 1.60. The van der Waals surface area contributed by atoms with E-state index in [-0.39, 0.29) is 0 Å². The molecule has 1 aromatic heterocycles. The number of nitrogens with zero attached hydrogens (tertiary/aromatic N) is 2. The van der Waals surface area contributed by atoms with Crippen LogP contribution in [0.5, 0.6) is 0 Å². The zero-order valence-electron chi connectivity index (χ0n) is 5.84. The average Bonchev–Trinajstić information content (AvgIpc) is 1.85. The van der Waals surface area contributed by atoms with Crippen LogP contribution in [0.4, 0.5) is 0 Å². The summed E-state index contributed by atoms with van der Waals surface area (Å²) in [6.07, 6.45) is 1.40. The lowest BCUT2D eigenvalue weighted by atomic mass is 10.2. The van der Waals surface area contributed by atoms with Gasteiger partial charge < -0.3 is 5.73 Å². The third-order valence-electron chi connectivity index (χ3n) is 1.22. The molecule has 0 spiro atoms. The van der Waals surface area contributed by atoms with E-state index in [2.05, 4.69) is 25.9 Å². The van der Waals surface area contributed by atoms with E-state index in [1.54, 1.807) is 6.92 Å². The number of hydrogen-bond acceptors (Lipinski definition) is 3. The van der Waals surface area contributed by atoms with E-state index in [1.807, 2.05) is 0 Å². The first kappa shape index (κ1) is 8.13. The third kappa shape index (κ3) is 1.74. The van der Waals surface area contributed by atoms with Crippen molar-refractivity contribution in [3.05, 3.63) is 22.2 Å². The zero-order chi connectivity index (χ0) is 8.43. The predicted molar refractivity (Wildman–Crippen MR) is 43.0 cm³/mol. The highest BCUT2D eigenvalue weighted by Crippen LogP contribution is 2.06. The van der Waals surface area contributed by atoms with Crippen LogP contribution in [-0.4, -0.2) is 15.9 Å². The lowest BCUT2D eigenvalue weighted by Gasteiger charge is -1.98. The van der Waals surface area contributed by atoms with Gasteiger partial charge in [-0.15, -0.1) is 0 Å². The Hall–Kier alpha value is -0.970. The van der Waals surface area contributed by atoms with Crippen molar-refractivity contribution in [3.63, 3.8) is 0 Å². The Morgan fingerprint density at radius 2 is 2.36 bits per heavy atom. The Labute approximate surface area is 72.0 Å². The number of aromatic nitrogens is 2. The minimum Gasteiger partial charge on any atom is -0.365 e. The van der Waals surface area contributed by atoms with Crippen molar-refractivity contribution < 1.29 is 4.79 Å². The number of carbonyl (C=O) groups is 1. The molecule has 1 rings (SSSR count). The topological polar surface area (TPSA) is 68.9 Å². The van der Waals surface area contributed by atoms with Crippen molar-refractivity contribution in [1.29, 1.82) is 0 Å². The van der Waals surface area contributed by atoms with Gasteiger partial charge >= 0.3 is 0 Å². The highest BCUT2D eigenvalue weighted by atomic mass is 79.9. The standard InChI is InChI=1S/C6H6BrN3O/c1-3-4(5(8)11)2-9-6(7)10-3/h2H,1H3,(H2,8,11). The second kappa shape index (κ2) is 2.96. The molecule has 4 nitrogen and oxygen atoms in total. The molecule has 0 aliphatic carbocycles. The van der Waals surface area contributed by atoms with Gasteiger partial charge in [-0.05, 0) is 22.9 Å². The van der Waals surface area contributed by atoms with Gasteiger partial charge in [0.15, 0.2) is 4.73 Å². The summed E-state index contributed by atoms with van der Waals surface area (Å²) in [4.78, 5) is 18.3. The lowest BCUT2D eigenvalue weighted by Crippen LogP contribution is -2.14. The largest absolute Gasteiger partial charge is 0.365 e. The maximum Gasteiger partial charge on any atom is 0.252 e. The van der Waals surface area contributed by atoms with Crippen LogP contribution in [0.15, 0.2) is 10.9 Å². The fraction of sp³-hybridized carbons (Fsp3) is 0.167. The van der Waals surface area contributed by atoms with Crippen LogP contribution < -0.4 is 5.73 Å². The van der Waals surface area contributed by atoms with Crippen LogP contribution in [0.25, 0.3) is 0 Å². The van der Waals surface area contributed by atoms with E-state index in [0.717, 1.165) is 0 Å². The van der Waals surface area contributed by atoms with Gasteiger partial charge in [-0.25, -0.2) is 9.97 Å². The summed E-state index contributed by atoms with van der Waals surface area (Å²) in [7, 11) is 0. The summed E-state index contributed by atoms with van der Waals surface area (Å²) < 4.78 is 0.458. The summed E-state index contributed by atoms with van der Waals surface area (Å²) in [6, 6.07) is 0. The maximum atomic E-state index is 10.7. The van der Waals surface area contributed by atoms with E-state index >= 15 is 0 Å². The van der Waals surface area contributed by atoms with E-state index in [1.165, 1.54) is 6.20 Å². The molecule has 1 heterocycles. The number of carbonyl (C=O) groups excluding carboxylic acids is 1. The first-order chi connectivity index (χ1) is 5.11. The Morgan fingerprint density at radius 3 is 2.82 bits per heavy atom. The van der Waals surface area contributed by atoms with E-state index < -0.39 is 5.91 Å². The van der Waals surface area contributed by atoms with Gasteiger partial charge in [0.2, 0.25) is 0 Å². The highest BCUT2D eigenvalue weighted by Gasteiger charge is 2.05. The van der Waals surface area contributed by atoms with Gasteiger partial charge in [-0.3, -0.25) is 4.79 Å². The SMILES string of the molecule is Cc1nc(Br)ncc1C(N)=O. The van der Waals surface area contributed by atoms with Crippen molar-refractivity contribution in [2.45, 2.75) is 6.92 Å². The average molecular weight is 216 g/mol. The first-order valence-corrected chi connectivity index (χ1v) is 3.69. The molecular weight excluding hydrogens is 210 g/mol. The Balaban J connectivity index is 3.20. The molecule has 0 fully saturated rings. The van der Waals surface area contributed by atoms with Gasteiger partial charge in [0.05, 0.1) is 11.3 Å². The number of nitrogens with two attached hydrogens (primary N) is 1. The zero-order valence-corrected chi connectivity index (χ0v) is 7.42. The van der Waals surface area contributed by atoms with Crippen LogP contribution in [0.2, 0.25) is 0 Å². The molecule has 0 saturated heterocycles.